The van der Waals surface area contributed by atoms with Gasteiger partial charge in [-0.3, -0.25) is 5.73 Å². The maximum Gasteiger partial charge on any atom is 0.338 e. The van der Waals surface area contributed by atoms with Crippen molar-refractivity contribution in [1.82, 2.24) is 5.73 Å². The smallest absolute Gasteiger partial charge is 0.338 e. The Morgan fingerprint density at radius 1 is 1.06 bits per heavy atom. The van der Waals surface area contributed by atoms with Crippen LogP contribution in [-0.2, 0) is 4.74 Å². The minimum atomic E-state index is -0.445. The summed E-state index contributed by atoms with van der Waals surface area (Å²) in [4.78, 5) is 11.7. The Morgan fingerprint density at radius 2 is 1.56 bits per heavy atom. The molecule has 0 aliphatic carbocycles. The van der Waals surface area contributed by atoms with Crippen LogP contribution in [0.4, 0.5) is 5.69 Å². The number of ether oxygens (including phenoxy) is 3. The molecule has 5 nitrogen and oxygen atoms in total. The van der Waals surface area contributed by atoms with Crippen LogP contribution in [0.2, 0.25) is 0 Å². The number of rotatable bonds is 6. The highest BCUT2D eigenvalue weighted by atomic mass is 16.5. The molecule has 1 rings (SSSR count). The molecule has 0 aliphatic heterocycles. The van der Waals surface area contributed by atoms with E-state index in [2.05, 4.69) is 0 Å². The second-order valence-corrected chi connectivity index (χ2v) is 3.43. The summed E-state index contributed by atoms with van der Waals surface area (Å²) in [5, 5.41) is 0. The standard InChI is InChI=1S/C13H18NO4/c1-4-16-10-7-9(13(15)18-6-3)8-11(12(10)14)17-5-2/h7-8,14H,4-6H2,1-3H3. The molecule has 1 radical (unpaired) electrons. The van der Waals surface area contributed by atoms with Crippen molar-refractivity contribution in [3.8, 4) is 11.5 Å². The molecule has 99 valence electrons. The minimum absolute atomic E-state index is 0.145. The Kier molecular flexibility index (Phi) is 5.30. The van der Waals surface area contributed by atoms with Crippen LogP contribution in [0.1, 0.15) is 31.1 Å². The van der Waals surface area contributed by atoms with Crippen LogP contribution in [-0.4, -0.2) is 25.8 Å². The fourth-order valence-corrected chi connectivity index (χ4v) is 1.46. The number of hydrogen-bond donors (Lipinski definition) is 0. The van der Waals surface area contributed by atoms with E-state index in [4.69, 9.17) is 19.9 Å². The van der Waals surface area contributed by atoms with Crippen molar-refractivity contribution in [2.45, 2.75) is 20.8 Å². The van der Waals surface area contributed by atoms with E-state index in [-0.39, 0.29) is 5.69 Å². The summed E-state index contributed by atoms with van der Waals surface area (Å²) in [6, 6.07) is 3.01. The van der Waals surface area contributed by atoms with Crippen molar-refractivity contribution >= 4 is 11.7 Å². The average molecular weight is 252 g/mol. The molecule has 0 saturated carbocycles. The lowest BCUT2D eigenvalue weighted by Crippen LogP contribution is -2.07. The zero-order valence-corrected chi connectivity index (χ0v) is 10.9. The summed E-state index contributed by atoms with van der Waals surface area (Å²) in [6.07, 6.45) is 0. The van der Waals surface area contributed by atoms with Gasteiger partial charge in [-0.2, -0.15) is 0 Å². The third kappa shape index (κ3) is 3.29. The van der Waals surface area contributed by atoms with Gasteiger partial charge < -0.3 is 14.2 Å². The Balaban J connectivity index is 3.15. The lowest BCUT2D eigenvalue weighted by molar-refractivity contribution is 0.0525. The molecule has 1 N–H and O–H groups in total. The predicted octanol–water partition coefficient (Wildman–Crippen LogP) is 2.58. The average Bonchev–Trinajstić information content (AvgIpc) is 2.34. The summed E-state index contributed by atoms with van der Waals surface area (Å²) in [7, 11) is 0. The quantitative estimate of drug-likeness (QED) is 0.730. The highest BCUT2D eigenvalue weighted by molar-refractivity contribution is 5.91. The van der Waals surface area contributed by atoms with Gasteiger partial charge in [0.15, 0.2) is 0 Å². The molecule has 0 aromatic heterocycles. The zero-order chi connectivity index (χ0) is 13.5. The van der Waals surface area contributed by atoms with Crippen LogP contribution < -0.4 is 15.2 Å². The molecule has 0 spiro atoms. The lowest BCUT2D eigenvalue weighted by atomic mass is 10.1. The zero-order valence-electron chi connectivity index (χ0n) is 10.9. The van der Waals surface area contributed by atoms with Crippen LogP contribution in [0.25, 0.3) is 0 Å². The summed E-state index contributed by atoms with van der Waals surface area (Å²) < 4.78 is 15.6. The van der Waals surface area contributed by atoms with E-state index in [0.29, 0.717) is 36.9 Å². The SMILES string of the molecule is CCOC(=O)c1cc(OCC)c([NH])c(OCC)c1. The molecule has 5 heteroatoms. The number of hydrogen-bond acceptors (Lipinski definition) is 4. The molecule has 1 aromatic rings. The highest BCUT2D eigenvalue weighted by Gasteiger charge is 2.16. The van der Waals surface area contributed by atoms with E-state index in [1.54, 1.807) is 6.92 Å². The molecule has 1 aromatic carbocycles. The summed E-state index contributed by atoms with van der Waals surface area (Å²) in [5.41, 5.74) is 8.37. The van der Waals surface area contributed by atoms with Gasteiger partial charge in [0, 0.05) is 0 Å². The van der Waals surface area contributed by atoms with E-state index in [1.165, 1.54) is 12.1 Å². The van der Waals surface area contributed by atoms with Crippen molar-refractivity contribution in [1.29, 1.82) is 0 Å². The molecular formula is C13H18NO4. The number of nitrogens with one attached hydrogen (secondary N) is 1. The normalized spacial score (nSPS) is 9.94. The van der Waals surface area contributed by atoms with Crippen LogP contribution in [0.5, 0.6) is 11.5 Å². The Morgan fingerprint density at radius 3 is 1.94 bits per heavy atom. The predicted molar refractivity (Wildman–Crippen MR) is 67.5 cm³/mol. The molecular weight excluding hydrogens is 234 g/mol. The van der Waals surface area contributed by atoms with Crippen molar-refractivity contribution in [2.24, 2.45) is 0 Å². The van der Waals surface area contributed by atoms with Gasteiger partial charge in [-0.05, 0) is 32.9 Å². The van der Waals surface area contributed by atoms with Crippen molar-refractivity contribution < 1.29 is 19.0 Å². The Labute approximate surface area is 107 Å². The number of benzene rings is 1. The fraction of sp³-hybridized carbons (Fsp3) is 0.462. The van der Waals surface area contributed by atoms with E-state index in [0.717, 1.165) is 0 Å². The number of carbonyl (C=O) groups excluding carboxylic acids is 1. The number of esters is 1. The van der Waals surface area contributed by atoms with Crippen molar-refractivity contribution in [3.05, 3.63) is 17.7 Å². The first-order chi connectivity index (χ1) is 8.63. The molecule has 0 unspecified atom stereocenters. The second kappa shape index (κ2) is 6.74. The number of carbonyl (C=O) groups is 1. The molecule has 18 heavy (non-hydrogen) atoms. The van der Waals surface area contributed by atoms with Crippen molar-refractivity contribution in [3.63, 3.8) is 0 Å². The van der Waals surface area contributed by atoms with Gasteiger partial charge in [-0.15, -0.1) is 0 Å². The van der Waals surface area contributed by atoms with Gasteiger partial charge in [0.2, 0.25) is 0 Å². The maximum absolute atomic E-state index is 11.7. The van der Waals surface area contributed by atoms with Gasteiger partial charge >= 0.3 is 5.97 Å². The van der Waals surface area contributed by atoms with Crippen molar-refractivity contribution in [2.75, 3.05) is 19.8 Å². The molecule has 0 atom stereocenters. The van der Waals surface area contributed by atoms with Gasteiger partial charge in [-0.1, -0.05) is 0 Å². The van der Waals surface area contributed by atoms with E-state index in [1.807, 2.05) is 13.8 Å². The second-order valence-electron chi connectivity index (χ2n) is 3.43. The van der Waals surface area contributed by atoms with Crippen LogP contribution in [0.3, 0.4) is 0 Å². The summed E-state index contributed by atoms with van der Waals surface area (Å²) >= 11 is 0. The van der Waals surface area contributed by atoms with E-state index in [9.17, 15) is 4.79 Å². The first-order valence-electron chi connectivity index (χ1n) is 5.96. The monoisotopic (exact) mass is 252 g/mol. The van der Waals surface area contributed by atoms with E-state index >= 15 is 0 Å². The van der Waals surface area contributed by atoms with Crippen LogP contribution >= 0.6 is 0 Å². The Hall–Kier alpha value is -1.91. The van der Waals surface area contributed by atoms with Crippen LogP contribution in [0, 0.1) is 0 Å². The third-order valence-electron chi connectivity index (χ3n) is 2.18. The van der Waals surface area contributed by atoms with Crippen LogP contribution in [0.15, 0.2) is 12.1 Å². The summed E-state index contributed by atoms with van der Waals surface area (Å²) in [6.45, 7) is 6.51. The molecule has 0 saturated heterocycles. The minimum Gasteiger partial charge on any atom is -0.491 e. The van der Waals surface area contributed by atoms with Gasteiger partial charge in [-0.25, -0.2) is 4.79 Å². The lowest BCUT2D eigenvalue weighted by Gasteiger charge is -2.13. The molecule has 0 aliphatic rings. The third-order valence-corrected chi connectivity index (χ3v) is 2.18. The summed E-state index contributed by atoms with van der Waals surface area (Å²) in [5.74, 6) is 0.206. The van der Waals surface area contributed by atoms with E-state index < -0.39 is 5.97 Å². The highest BCUT2D eigenvalue weighted by Crippen LogP contribution is 2.35. The molecule has 0 heterocycles. The van der Waals surface area contributed by atoms with Gasteiger partial charge in [0.25, 0.3) is 0 Å². The largest absolute Gasteiger partial charge is 0.491 e. The topological polar surface area (TPSA) is 68.6 Å². The molecule has 0 fully saturated rings. The first kappa shape index (κ1) is 14.2. The maximum atomic E-state index is 11.7. The molecule has 0 bridgehead atoms. The Bertz CT molecular complexity index is 390. The van der Waals surface area contributed by atoms with Gasteiger partial charge in [0.05, 0.1) is 25.4 Å². The first-order valence-corrected chi connectivity index (χ1v) is 5.96. The van der Waals surface area contributed by atoms with Gasteiger partial charge in [0.1, 0.15) is 17.2 Å². The fourth-order valence-electron chi connectivity index (χ4n) is 1.46. The molecule has 0 amide bonds.